The van der Waals surface area contributed by atoms with Crippen LogP contribution in [0.4, 0.5) is 10.1 Å². The topological polar surface area (TPSA) is 206 Å². The average molecular weight is 1040 g/mol. The van der Waals surface area contributed by atoms with Gasteiger partial charge >= 0.3 is 0 Å². The minimum absolute atomic E-state index is 0.0182. The van der Waals surface area contributed by atoms with Gasteiger partial charge in [-0.2, -0.15) is 0 Å². The van der Waals surface area contributed by atoms with Gasteiger partial charge in [0.1, 0.15) is 24.4 Å². The SMILES string of the molecule is CCc1ccccc1-c1nc(C2CNC[C@H](O)C2)cc2cc(NCCOCCOCCOCCOc3cc(-c4scnc4C)ccc3CNC(=O)[C@@H]3C[C@@H](O)CN3C(=O)[C@@H](NC(=O)C3(F)CC3)C(C)(C)C)ccc12. The second-order valence-electron chi connectivity index (χ2n) is 20.6. The third kappa shape index (κ3) is 13.8. The first-order valence-electron chi connectivity index (χ1n) is 25.9. The lowest BCUT2D eigenvalue weighted by atomic mass is 9.85. The number of rotatable bonds is 24. The Hall–Kier alpha value is -5.60. The van der Waals surface area contributed by atoms with Crippen LogP contribution in [0.5, 0.6) is 5.75 Å². The van der Waals surface area contributed by atoms with Gasteiger partial charge in [0.05, 0.1) is 73.6 Å². The van der Waals surface area contributed by atoms with Crippen molar-refractivity contribution >= 4 is 45.5 Å². The van der Waals surface area contributed by atoms with Crippen LogP contribution >= 0.6 is 11.3 Å². The molecule has 5 atom stereocenters. The number of carbonyl (C=O) groups is 3. The molecule has 1 unspecified atom stereocenters. The molecule has 3 amide bonds. The number of aliphatic hydroxyl groups excluding tert-OH is 2. The third-order valence-corrected chi connectivity index (χ3v) is 14.9. The third-order valence-electron chi connectivity index (χ3n) is 13.9. The van der Waals surface area contributed by atoms with E-state index in [2.05, 4.69) is 81.7 Å². The van der Waals surface area contributed by atoms with Gasteiger partial charge in [-0.25, -0.2) is 9.37 Å². The number of β-amino-alcohol motifs (C(OH)–C–C–N with tert-alkyl or cyclic N) is 2. The molecule has 16 nitrogen and oxygen atoms in total. The Kier molecular flexibility index (Phi) is 18.3. The molecule has 2 aliphatic heterocycles. The Balaban J connectivity index is 0.770. The highest BCUT2D eigenvalue weighted by molar-refractivity contribution is 7.13. The molecule has 5 aromatic rings. The van der Waals surface area contributed by atoms with Crippen molar-refractivity contribution in [2.24, 2.45) is 5.41 Å². The fraction of sp³-hybridized carbons (Fsp3) is 0.518. The molecule has 74 heavy (non-hydrogen) atoms. The van der Waals surface area contributed by atoms with Crippen LogP contribution in [0.3, 0.4) is 0 Å². The number of aryl methyl sites for hydroxylation is 2. The lowest BCUT2D eigenvalue weighted by Gasteiger charge is -2.35. The van der Waals surface area contributed by atoms with E-state index >= 15 is 0 Å². The van der Waals surface area contributed by atoms with E-state index in [1.807, 2.05) is 25.1 Å². The Morgan fingerprint density at radius 2 is 1.65 bits per heavy atom. The number of likely N-dealkylation sites (tertiary alicyclic amines) is 1. The number of hydrogen-bond donors (Lipinski definition) is 6. The number of fused-ring (bicyclic) bond motifs is 1. The summed E-state index contributed by atoms with van der Waals surface area (Å²) in [4.78, 5) is 52.3. The molecule has 0 spiro atoms. The van der Waals surface area contributed by atoms with Crippen LogP contribution in [-0.2, 0) is 41.6 Å². The molecule has 4 heterocycles. The van der Waals surface area contributed by atoms with Gasteiger partial charge in [0.2, 0.25) is 11.8 Å². The number of piperidine rings is 1. The second-order valence-corrected chi connectivity index (χ2v) is 21.5. The molecular weight excluding hydrogens is 966 g/mol. The quantitative estimate of drug-likeness (QED) is 0.0367. The number of aliphatic hydroxyl groups is 2. The van der Waals surface area contributed by atoms with Crippen molar-refractivity contribution in [3.05, 3.63) is 94.8 Å². The predicted molar refractivity (Wildman–Crippen MR) is 284 cm³/mol. The fourth-order valence-corrected chi connectivity index (χ4v) is 10.4. The predicted octanol–water partition coefficient (Wildman–Crippen LogP) is 6.49. The number of carbonyl (C=O) groups excluding carboxylic acids is 3. The van der Waals surface area contributed by atoms with Crippen LogP contribution in [-0.4, -0.2) is 145 Å². The highest BCUT2D eigenvalue weighted by atomic mass is 32.1. The largest absolute Gasteiger partial charge is 0.491 e. The van der Waals surface area contributed by atoms with Gasteiger partial charge in [-0.1, -0.05) is 70.2 Å². The van der Waals surface area contributed by atoms with Crippen molar-refractivity contribution < 1.29 is 47.9 Å². The number of nitrogens with zero attached hydrogens (tertiary/aromatic N) is 3. The Labute approximate surface area is 437 Å². The molecule has 1 aliphatic carbocycles. The van der Waals surface area contributed by atoms with E-state index < -0.39 is 53.1 Å². The summed E-state index contributed by atoms with van der Waals surface area (Å²) >= 11 is 1.51. The number of alkyl halides is 1. The van der Waals surface area contributed by atoms with Crippen LogP contribution < -0.4 is 26.0 Å². The Morgan fingerprint density at radius 3 is 2.35 bits per heavy atom. The number of hydrogen-bond acceptors (Lipinski definition) is 14. The summed E-state index contributed by atoms with van der Waals surface area (Å²) in [7, 11) is 0. The number of nitrogens with one attached hydrogen (secondary N) is 4. The van der Waals surface area contributed by atoms with Gasteiger partial charge in [0.15, 0.2) is 5.67 Å². The minimum Gasteiger partial charge on any atom is -0.491 e. The molecule has 3 fully saturated rings. The monoisotopic (exact) mass is 1040 g/mol. The van der Waals surface area contributed by atoms with E-state index in [0.717, 1.165) is 62.5 Å². The number of amides is 3. The first kappa shape index (κ1) is 54.7. The zero-order valence-electron chi connectivity index (χ0n) is 43.2. The standard InChI is InChI=1S/C56H72FN7O9S/c1-6-36-9-7-8-10-44(36)49-45-14-13-41(25-39(45)27-46(62-49)40-26-42(65)32-58-30-40)59-17-18-70-19-20-71-21-22-72-23-24-73-48-28-37(50-35(2)61-34-74-50)11-12-38(48)31-60-52(67)47-29-43(66)33-64(47)53(68)51(55(3,4)5)63-54(69)56(57)15-16-56/h7-14,25,27-28,34,40,42-43,47,51,58-59,65-66H,6,15-24,26,29-33H2,1-5H3,(H,60,67)(H,63,69)/t40?,42-,43-,47+,51-/m1/s1. The lowest BCUT2D eigenvalue weighted by Crippen LogP contribution is -2.59. The zero-order chi connectivity index (χ0) is 52.4. The average Bonchev–Trinajstić information content (AvgIpc) is 3.80. The molecule has 8 rings (SSSR count). The summed E-state index contributed by atoms with van der Waals surface area (Å²) in [6.07, 6.45) is 0.468. The number of halogens is 1. The molecule has 6 N–H and O–H groups in total. The molecule has 2 saturated heterocycles. The van der Waals surface area contributed by atoms with E-state index in [-0.39, 0.29) is 51.5 Å². The van der Waals surface area contributed by atoms with Crippen molar-refractivity contribution in [2.45, 2.75) is 109 Å². The van der Waals surface area contributed by atoms with Gasteiger partial charge in [-0.3, -0.25) is 19.4 Å². The number of aromatic nitrogens is 2. The van der Waals surface area contributed by atoms with Gasteiger partial charge in [-0.05, 0) is 78.8 Å². The van der Waals surface area contributed by atoms with Crippen LogP contribution in [0.1, 0.15) is 81.8 Å². The number of thiazole rings is 1. The summed E-state index contributed by atoms with van der Waals surface area (Å²) in [5, 5.41) is 35.6. The second kappa shape index (κ2) is 24.8. The normalized spacial score (nSPS) is 19.8. The van der Waals surface area contributed by atoms with E-state index in [4.69, 9.17) is 23.9 Å². The summed E-state index contributed by atoms with van der Waals surface area (Å²) in [5.41, 5.74) is 6.84. The maximum absolute atomic E-state index is 14.7. The van der Waals surface area contributed by atoms with E-state index in [1.165, 1.54) is 21.8 Å². The molecule has 18 heteroatoms. The summed E-state index contributed by atoms with van der Waals surface area (Å²) < 4.78 is 38.3. The number of pyridine rings is 1. The van der Waals surface area contributed by atoms with Crippen LogP contribution in [0.25, 0.3) is 32.5 Å². The number of anilines is 1. The molecule has 1 saturated carbocycles. The summed E-state index contributed by atoms with van der Waals surface area (Å²) in [6.45, 7) is 14.0. The van der Waals surface area contributed by atoms with E-state index in [0.29, 0.717) is 63.9 Å². The maximum atomic E-state index is 14.7. The molecule has 0 radical (unpaired) electrons. The van der Waals surface area contributed by atoms with Crippen molar-refractivity contribution in [1.29, 1.82) is 0 Å². The molecule has 0 bridgehead atoms. The van der Waals surface area contributed by atoms with Crippen LogP contribution in [0.2, 0.25) is 0 Å². The van der Waals surface area contributed by atoms with Crippen molar-refractivity contribution in [3.63, 3.8) is 0 Å². The molecular formula is C56H72FN7O9S. The molecule has 2 aromatic heterocycles. The number of benzene rings is 3. The molecule has 398 valence electrons. The van der Waals surface area contributed by atoms with E-state index in [1.54, 1.807) is 26.3 Å². The summed E-state index contributed by atoms with van der Waals surface area (Å²) in [6, 6.07) is 20.6. The lowest BCUT2D eigenvalue weighted by molar-refractivity contribution is -0.145. The van der Waals surface area contributed by atoms with E-state index in [9.17, 15) is 29.0 Å². The Morgan fingerprint density at radius 1 is 0.905 bits per heavy atom. The zero-order valence-corrected chi connectivity index (χ0v) is 44.0. The van der Waals surface area contributed by atoms with Crippen molar-refractivity contribution in [2.75, 3.05) is 77.7 Å². The van der Waals surface area contributed by atoms with Crippen molar-refractivity contribution in [3.8, 4) is 27.4 Å². The smallest absolute Gasteiger partial charge is 0.258 e. The van der Waals surface area contributed by atoms with Gasteiger partial charge in [0, 0.05) is 73.0 Å². The highest BCUT2D eigenvalue weighted by Crippen LogP contribution is 2.41. The van der Waals surface area contributed by atoms with Gasteiger partial charge in [0.25, 0.3) is 5.91 Å². The van der Waals surface area contributed by atoms with Crippen LogP contribution in [0.15, 0.2) is 72.2 Å². The minimum atomic E-state index is -1.98. The van der Waals surface area contributed by atoms with Crippen LogP contribution in [0, 0.1) is 12.3 Å². The van der Waals surface area contributed by atoms with Gasteiger partial charge < -0.3 is 55.3 Å². The summed E-state index contributed by atoms with van der Waals surface area (Å²) in [5.74, 6) is -1.18. The maximum Gasteiger partial charge on any atom is 0.258 e. The fourth-order valence-electron chi connectivity index (χ4n) is 9.60. The van der Waals surface area contributed by atoms with Gasteiger partial charge in [-0.15, -0.1) is 11.3 Å². The molecule has 3 aromatic carbocycles. The van der Waals surface area contributed by atoms with Crippen molar-refractivity contribution in [1.82, 2.24) is 30.8 Å². The number of ether oxygens (including phenoxy) is 4. The first-order chi connectivity index (χ1) is 35.6. The highest BCUT2D eigenvalue weighted by Gasteiger charge is 2.53. The molecule has 3 aliphatic rings. The Bertz CT molecular complexity index is 2730. The first-order valence-corrected chi connectivity index (χ1v) is 26.8.